The summed E-state index contributed by atoms with van der Waals surface area (Å²) in [6.07, 6.45) is 3.82. The van der Waals surface area contributed by atoms with Crippen LogP contribution in [-0.2, 0) is 0 Å². The summed E-state index contributed by atoms with van der Waals surface area (Å²) in [5.41, 5.74) is 2.59. The Morgan fingerprint density at radius 1 is 1.42 bits per heavy atom. The van der Waals surface area contributed by atoms with Gasteiger partial charge in [-0.15, -0.1) is 0 Å². The van der Waals surface area contributed by atoms with Crippen LogP contribution in [0.4, 0.5) is 0 Å². The number of benzene rings is 1. The van der Waals surface area contributed by atoms with Crippen LogP contribution in [0.2, 0.25) is 0 Å². The van der Waals surface area contributed by atoms with E-state index in [0.29, 0.717) is 12.1 Å². The molecule has 24 heavy (non-hydrogen) atoms. The zero-order valence-electron chi connectivity index (χ0n) is 14.1. The van der Waals surface area contributed by atoms with Crippen LogP contribution in [0, 0.1) is 12.3 Å². The monoisotopic (exact) mass is 390 g/mol. The Hall–Kier alpha value is -1.66. The Labute approximate surface area is 151 Å². The number of halogens is 1. The van der Waals surface area contributed by atoms with Gasteiger partial charge >= 0.3 is 0 Å². The number of nitrogens with zero attached hydrogens (tertiary/aromatic N) is 2. The molecule has 2 N–H and O–H groups in total. The molecule has 1 aromatic heterocycles. The number of hydrogen-bond donors (Lipinski definition) is 2. The Balaban J connectivity index is 1.72. The maximum atomic E-state index is 12.6. The summed E-state index contributed by atoms with van der Waals surface area (Å²) in [4.78, 5) is 12.6. The molecular weight excluding hydrogens is 368 g/mol. The highest BCUT2D eigenvalue weighted by molar-refractivity contribution is 9.10. The average molecular weight is 391 g/mol. The number of piperidine rings is 1. The molecular formula is C18H23BrN4O. The summed E-state index contributed by atoms with van der Waals surface area (Å²) < 4.78 is 2.78. The summed E-state index contributed by atoms with van der Waals surface area (Å²) in [5, 5.41) is 10.8. The van der Waals surface area contributed by atoms with Crippen molar-refractivity contribution in [3.05, 3.63) is 46.2 Å². The van der Waals surface area contributed by atoms with Crippen LogP contribution in [0.1, 0.15) is 35.8 Å². The van der Waals surface area contributed by atoms with Crippen molar-refractivity contribution in [1.82, 2.24) is 20.4 Å². The first-order valence-electron chi connectivity index (χ1n) is 8.28. The summed E-state index contributed by atoms with van der Waals surface area (Å²) in [6.45, 7) is 6.91. The summed E-state index contributed by atoms with van der Waals surface area (Å²) in [7, 11) is 0. The first-order valence-corrected chi connectivity index (χ1v) is 9.07. The number of carbonyl (C=O) groups excluding carboxylic acids is 1. The zero-order valence-corrected chi connectivity index (χ0v) is 15.7. The van der Waals surface area contributed by atoms with Crippen molar-refractivity contribution in [2.75, 3.05) is 19.6 Å². The lowest BCUT2D eigenvalue weighted by atomic mass is 9.81. The molecule has 0 radical (unpaired) electrons. The molecule has 1 aromatic carbocycles. The lowest BCUT2D eigenvalue weighted by Crippen LogP contribution is -2.43. The normalized spacial score (nSPS) is 16.8. The number of rotatable bonds is 4. The first-order chi connectivity index (χ1) is 11.5. The Bertz CT molecular complexity index is 734. The van der Waals surface area contributed by atoms with Gasteiger partial charge < -0.3 is 10.6 Å². The van der Waals surface area contributed by atoms with Crippen LogP contribution < -0.4 is 10.6 Å². The van der Waals surface area contributed by atoms with Gasteiger partial charge in [-0.25, -0.2) is 4.68 Å². The zero-order chi connectivity index (χ0) is 17.2. The van der Waals surface area contributed by atoms with Gasteiger partial charge in [0, 0.05) is 11.0 Å². The summed E-state index contributed by atoms with van der Waals surface area (Å²) in [5.74, 6) is -0.0477. The minimum absolute atomic E-state index is 0.0477. The van der Waals surface area contributed by atoms with E-state index in [1.54, 1.807) is 10.9 Å². The van der Waals surface area contributed by atoms with Gasteiger partial charge in [0.25, 0.3) is 5.91 Å². The molecule has 1 saturated heterocycles. The fourth-order valence-corrected chi connectivity index (χ4v) is 3.48. The van der Waals surface area contributed by atoms with Crippen LogP contribution in [0.15, 0.2) is 34.9 Å². The Morgan fingerprint density at radius 3 is 2.88 bits per heavy atom. The second kappa shape index (κ2) is 7.07. The molecule has 2 heterocycles. The molecule has 6 heteroatoms. The van der Waals surface area contributed by atoms with Crippen molar-refractivity contribution in [2.24, 2.45) is 5.41 Å². The second-order valence-electron chi connectivity index (χ2n) is 6.78. The van der Waals surface area contributed by atoms with E-state index in [2.05, 4.69) is 38.6 Å². The van der Waals surface area contributed by atoms with E-state index in [4.69, 9.17) is 0 Å². The first kappa shape index (κ1) is 17.2. The van der Waals surface area contributed by atoms with Gasteiger partial charge in [0.1, 0.15) is 0 Å². The molecule has 3 rings (SSSR count). The van der Waals surface area contributed by atoms with Crippen molar-refractivity contribution in [3.8, 4) is 5.69 Å². The molecule has 2 aromatic rings. The third kappa shape index (κ3) is 3.70. The molecule has 1 aliphatic heterocycles. The van der Waals surface area contributed by atoms with Crippen LogP contribution in [-0.4, -0.2) is 35.3 Å². The number of nitrogens with one attached hydrogen (secondary N) is 2. The highest BCUT2D eigenvalue weighted by atomic mass is 79.9. The number of aromatic nitrogens is 2. The minimum Gasteiger partial charge on any atom is -0.351 e. The molecule has 1 amide bonds. The van der Waals surface area contributed by atoms with E-state index in [1.807, 2.05) is 31.2 Å². The second-order valence-corrected chi connectivity index (χ2v) is 7.69. The lowest BCUT2D eigenvalue weighted by Gasteiger charge is -2.34. The van der Waals surface area contributed by atoms with Gasteiger partial charge in [0.2, 0.25) is 0 Å². The summed E-state index contributed by atoms with van der Waals surface area (Å²) in [6, 6.07) is 7.88. The average Bonchev–Trinajstić information content (AvgIpc) is 2.95. The lowest BCUT2D eigenvalue weighted by molar-refractivity contribution is 0.0921. The number of carbonyl (C=O) groups is 1. The molecule has 5 nitrogen and oxygen atoms in total. The fourth-order valence-electron chi connectivity index (χ4n) is 3.10. The van der Waals surface area contributed by atoms with Crippen molar-refractivity contribution in [1.29, 1.82) is 0 Å². The molecule has 0 bridgehead atoms. The van der Waals surface area contributed by atoms with Crippen molar-refractivity contribution >= 4 is 21.8 Å². The van der Waals surface area contributed by atoms with Crippen molar-refractivity contribution in [2.45, 2.75) is 26.7 Å². The molecule has 0 unspecified atom stereocenters. The van der Waals surface area contributed by atoms with Crippen LogP contribution in [0.25, 0.3) is 5.69 Å². The van der Waals surface area contributed by atoms with Gasteiger partial charge in [-0.1, -0.05) is 28.9 Å². The van der Waals surface area contributed by atoms with Gasteiger partial charge in [-0.2, -0.15) is 5.10 Å². The highest BCUT2D eigenvalue weighted by Gasteiger charge is 2.27. The predicted octanol–water partition coefficient (Wildman–Crippen LogP) is 3.06. The predicted molar refractivity (Wildman–Crippen MR) is 98.5 cm³/mol. The molecule has 0 saturated carbocycles. The van der Waals surface area contributed by atoms with Gasteiger partial charge in [0.15, 0.2) is 0 Å². The Kier molecular flexibility index (Phi) is 5.06. The smallest absolute Gasteiger partial charge is 0.254 e. The largest absolute Gasteiger partial charge is 0.351 e. The number of hydrogen-bond acceptors (Lipinski definition) is 3. The van der Waals surface area contributed by atoms with Crippen LogP contribution in [0.5, 0.6) is 0 Å². The van der Waals surface area contributed by atoms with E-state index < -0.39 is 0 Å². The standard InChI is InChI=1S/C18H23BrN4O/c1-13-16(11-22-23(13)15-5-3-4-14(19)10-15)17(24)21-12-18(2)6-8-20-9-7-18/h3-5,10-11,20H,6-9,12H2,1-2H3,(H,21,24). The molecule has 0 aliphatic carbocycles. The van der Waals surface area contributed by atoms with E-state index >= 15 is 0 Å². The highest BCUT2D eigenvalue weighted by Crippen LogP contribution is 2.27. The molecule has 0 atom stereocenters. The summed E-state index contributed by atoms with van der Waals surface area (Å²) >= 11 is 3.47. The van der Waals surface area contributed by atoms with E-state index in [-0.39, 0.29) is 11.3 Å². The van der Waals surface area contributed by atoms with E-state index in [0.717, 1.165) is 41.8 Å². The van der Waals surface area contributed by atoms with E-state index in [1.165, 1.54) is 0 Å². The molecule has 1 fully saturated rings. The van der Waals surface area contributed by atoms with Gasteiger partial charge in [-0.3, -0.25) is 4.79 Å². The van der Waals surface area contributed by atoms with E-state index in [9.17, 15) is 4.79 Å². The SMILES string of the molecule is Cc1c(C(=O)NCC2(C)CCNCC2)cnn1-c1cccc(Br)c1. The maximum absolute atomic E-state index is 12.6. The topological polar surface area (TPSA) is 59.0 Å². The van der Waals surface area contributed by atoms with Crippen molar-refractivity contribution in [3.63, 3.8) is 0 Å². The maximum Gasteiger partial charge on any atom is 0.254 e. The van der Waals surface area contributed by atoms with Gasteiger partial charge in [-0.05, 0) is 56.5 Å². The third-order valence-electron chi connectivity index (χ3n) is 4.79. The Morgan fingerprint density at radius 2 is 2.17 bits per heavy atom. The quantitative estimate of drug-likeness (QED) is 0.842. The van der Waals surface area contributed by atoms with Crippen LogP contribution in [0.3, 0.4) is 0 Å². The molecule has 0 spiro atoms. The number of amides is 1. The van der Waals surface area contributed by atoms with Gasteiger partial charge in [0.05, 0.1) is 23.1 Å². The minimum atomic E-state index is -0.0477. The molecule has 128 valence electrons. The third-order valence-corrected chi connectivity index (χ3v) is 5.29. The fraction of sp³-hybridized carbons (Fsp3) is 0.444. The molecule has 1 aliphatic rings. The van der Waals surface area contributed by atoms with Crippen molar-refractivity contribution < 1.29 is 4.79 Å². The van der Waals surface area contributed by atoms with Crippen LogP contribution >= 0.6 is 15.9 Å².